The van der Waals surface area contributed by atoms with Crippen molar-refractivity contribution in [1.29, 1.82) is 0 Å². The maximum Gasteiger partial charge on any atom is 0.357 e. The third-order valence-electron chi connectivity index (χ3n) is 3.15. The summed E-state index contributed by atoms with van der Waals surface area (Å²) < 4.78 is 10.5. The van der Waals surface area contributed by atoms with E-state index in [1.807, 2.05) is 12.2 Å². The highest BCUT2D eigenvalue weighted by molar-refractivity contribution is 8.79. The molecular weight excluding hydrogens is 372 g/mol. The number of hydrogen-bond donors (Lipinski definition) is 0. The van der Waals surface area contributed by atoms with Gasteiger partial charge < -0.3 is 9.47 Å². The number of rotatable bonds is 6. The Hall–Kier alpha value is -2.58. The molecule has 0 radical (unpaired) electrons. The van der Waals surface area contributed by atoms with E-state index in [4.69, 9.17) is 9.47 Å². The van der Waals surface area contributed by atoms with Crippen molar-refractivity contribution >= 4 is 33.5 Å². The highest BCUT2D eigenvalue weighted by Gasteiger charge is 2.14. The molecule has 0 amide bonds. The fourth-order valence-electron chi connectivity index (χ4n) is 1.88. The molecule has 8 heteroatoms. The Kier molecular flexibility index (Phi) is 6.45. The van der Waals surface area contributed by atoms with Crippen LogP contribution in [-0.2, 0) is 9.47 Å². The zero-order valence-corrected chi connectivity index (χ0v) is 15.2. The summed E-state index contributed by atoms with van der Waals surface area (Å²) in [5, 5.41) is 0. The Balaban J connectivity index is 1.47. The molecule has 2 aromatic rings. The molecule has 3 heterocycles. The summed E-state index contributed by atoms with van der Waals surface area (Å²) in [5.41, 5.74) is 0.554. The van der Waals surface area contributed by atoms with Gasteiger partial charge >= 0.3 is 11.9 Å². The van der Waals surface area contributed by atoms with Crippen LogP contribution in [0.4, 0.5) is 0 Å². The largest absolute Gasteiger partial charge is 0.456 e. The molecule has 0 fully saturated rings. The van der Waals surface area contributed by atoms with E-state index in [0.717, 1.165) is 9.81 Å². The molecule has 0 atom stereocenters. The van der Waals surface area contributed by atoms with Crippen molar-refractivity contribution in [2.24, 2.45) is 0 Å². The Morgan fingerprint density at radius 1 is 0.769 bits per heavy atom. The first-order chi connectivity index (χ1) is 12.7. The highest BCUT2D eigenvalue weighted by Crippen LogP contribution is 2.40. The molecule has 0 unspecified atom stereocenters. The number of esters is 2. The Morgan fingerprint density at radius 2 is 1.23 bits per heavy atom. The maximum atomic E-state index is 11.9. The van der Waals surface area contributed by atoms with Crippen molar-refractivity contribution in [3.05, 3.63) is 82.1 Å². The standard InChI is InChI=1S/C18H14N2O4S2/c21-17(15-5-1-3-9-19-15)23-11-13-7-8-14(26-25-13)12-24-18(22)16-6-2-4-10-20-16/h1-10H,11-12H2. The molecule has 0 spiro atoms. The third kappa shape index (κ3) is 5.21. The summed E-state index contributed by atoms with van der Waals surface area (Å²) in [7, 11) is 2.92. The third-order valence-corrected chi connectivity index (χ3v) is 5.70. The molecule has 0 saturated carbocycles. The molecular formula is C18H14N2O4S2. The van der Waals surface area contributed by atoms with Crippen LogP contribution in [0.2, 0.25) is 0 Å². The minimum Gasteiger partial charge on any atom is -0.456 e. The summed E-state index contributed by atoms with van der Waals surface area (Å²) in [5.74, 6) is -0.924. The van der Waals surface area contributed by atoms with Gasteiger partial charge in [0.25, 0.3) is 0 Å². The van der Waals surface area contributed by atoms with Crippen molar-refractivity contribution in [2.75, 3.05) is 13.2 Å². The first kappa shape index (κ1) is 18.2. The van der Waals surface area contributed by atoms with Gasteiger partial charge in [-0.1, -0.05) is 33.7 Å². The quantitative estimate of drug-likeness (QED) is 0.550. The zero-order chi connectivity index (χ0) is 18.2. The number of carbonyl (C=O) groups excluding carboxylic acids is 2. The average molecular weight is 386 g/mol. The van der Waals surface area contributed by atoms with Crippen LogP contribution >= 0.6 is 21.6 Å². The Morgan fingerprint density at radius 3 is 1.58 bits per heavy atom. The van der Waals surface area contributed by atoms with Gasteiger partial charge in [0.1, 0.15) is 24.6 Å². The lowest BCUT2D eigenvalue weighted by Crippen LogP contribution is -2.10. The minimum atomic E-state index is -0.462. The molecule has 3 rings (SSSR count). The monoisotopic (exact) mass is 386 g/mol. The van der Waals surface area contributed by atoms with Crippen LogP contribution in [0.3, 0.4) is 0 Å². The van der Waals surface area contributed by atoms with E-state index < -0.39 is 11.9 Å². The van der Waals surface area contributed by atoms with Crippen LogP contribution in [0.15, 0.2) is 70.8 Å². The topological polar surface area (TPSA) is 78.4 Å². The van der Waals surface area contributed by atoms with Gasteiger partial charge in [-0.2, -0.15) is 0 Å². The maximum absolute atomic E-state index is 11.9. The molecule has 0 N–H and O–H groups in total. The van der Waals surface area contributed by atoms with Crippen molar-refractivity contribution in [3.8, 4) is 0 Å². The number of pyridine rings is 2. The Bertz CT molecular complexity index is 767. The van der Waals surface area contributed by atoms with Gasteiger partial charge in [-0.25, -0.2) is 19.6 Å². The predicted molar refractivity (Wildman–Crippen MR) is 100 cm³/mol. The molecule has 132 valence electrons. The molecule has 1 aliphatic rings. The predicted octanol–water partition coefficient (Wildman–Crippen LogP) is 3.65. The summed E-state index contributed by atoms with van der Waals surface area (Å²) in [6.45, 7) is 0.342. The van der Waals surface area contributed by atoms with E-state index in [9.17, 15) is 9.59 Å². The van der Waals surface area contributed by atoms with Crippen LogP contribution in [0.5, 0.6) is 0 Å². The minimum absolute atomic E-state index is 0.171. The lowest BCUT2D eigenvalue weighted by molar-refractivity contribution is 0.0529. The molecule has 0 aliphatic carbocycles. The van der Waals surface area contributed by atoms with Gasteiger partial charge in [0.2, 0.25) is 0 Å². The number of carbonyl (C=O) groups is 2. The molecule has 1 aliphatic heterocycles. The fourth-order valence-corrected chi connectivity index (χ4v) is 3.82. The molecule has 0 saturated heterocycles. The lowest BCUT2D eigenvalue weighted by atomic mass is 10.3. The lowest BCUT2D eigenvalue weighted by Gasteiger charge is -2.13. The van der Waals surface area contributed by atoms with Crippen molar-refractivity contribution in [2.45, 2.75) is 0 Å². The summed E-state index contributed by atoms with van der Waals surface area (Å²) in [6, 6.07) is 10.1. The first-order valence-corrected chi connectivity index (χ1v) is 9.78. The SMILES string of the molecule is O=C(OCC1=CC=C(COC(=O)c2ccccn2)SS1)c1ccccn1. The van der Waals surface area contributed by atoms with Gasteiger partial charge in [0.05, 0.1) is 0 Å². The van der Waals surface area contributed by atoms with E-state index in [0.29, 0.717) is 0 Å². The van der Waals surface area contributed by atoms with E-state index in [-0.39, 0.29) is 24.6 Å². The van der Waals surface area contributed by atoms with Gasteiger partial charge in [0, 0.05) is 22.2 Å². The van der Waals surface area contributed by atoms with Gasteiger partial charge in [-0.05, 0) is 36.4 Å². The van der Waals surface area contributed by atoms with Crippen LogP contribution in [0.1, 0.15) is 21.0 Å². The fraction of sp³-hybridized carbons (Fsp3) is 0.111. The second-order valence-electron chi connectivity index (χ2n) is 5.01. The molecule has 2 aromatic heterocycles. The summed E-state index contributed by atoms with van der Waals surface area (Å²) in [6.07, 6.45) is 6.78. The second-order valence-corrected chi connectivity index (χ2v) is 7.40. The van der Waals surface area contributed by atoms with E-state index in [2.05, 4.69) is 9.97 Å². The number of hydrogen-bond acceptors (Lipinski definition) is 8. The average Bonchev–Trinajstić information content (AvgIpc) is 2.72. The normalized spacial score (nSPS) is 13.4. The number of aromatic nitrogens is 2. The number of allylic oxidation sites excluding steroid dienone is 2. The molecule has 26 heavy (non-hydrogen) atoms. The molecule has 6 nitrogen and oxygen atoms in total. The van der Waals surface area contributed by atoms with Crippen LogP contribution in [-0.4, -0.2) is 35.1 Å². The zero-order valence-electron chi connectivity index (χ0n) is 13.5. The van der Waals surface area contributed by atoms with Crippen molar-refractivity contribution in [3.63, 3.8) is 0 Å². The van der Waals surface area contributed by atoms with Crippen molar-refractivity contribution < 1.29 is 19.1 Å². The van der Waals surface area contributed by atoms with Crippen LogP contribution < -0.4 is 0 Å². The van der Waals surface area contributed by atoms with E-state index in [1.165, 1.54) is 21.6 Å². The van der Waals surface area contributed by atoms with Gasteiger partial charge in [-0.15, -0.1) is 0 Å². The van der Waals surface area contributed by atoms with Crippen molar-refractivity contribution in [1.82, 2.24) is 9.97 Å². The number of ether oxygens (including phenoxy) is 2. The van der Waals surface area contributed by atoms with Crippen LogP contribution in [0.25, 0.3) is 0 Å². The summed E-state index contributed by atoms with van der Waals surface area (Å²) >= 11 is 0. The van der Waals surface area contributed by atoms with E-state index in [1.54, 1.807) is 48.8 Å². The second kappa shape index (κ2) is 9.21. The highest BCUT2D eigenvalue weighted by atomic mass is 33.1. The van der Waals surface area contributed by atoms with E-state index >= 15 is 0 Å². The number of nitrogens with zero attached hydrogens (tertiary/aromatic N) is 2. The van der Waals surface area contributed by atoms with Gasteiger partial charge in [-0.3, -0.25) is 0 Å². The Labute approximate surface area is 158 Å². The molecule has 0 aromatic carbocycles. The summed E-state index contributed by atoms with van der Waals surface area (Å²) in [4.78, 5) is 33.4. The smallest absolute Gasteiger partial charge is 0.357 e. The first-order valence-electron chi connectivity index (χ1n) is 7.63. The van der Waals surface area contributed by atoms with Gasteiger partial charge in [0.15, 0.2) is 0 Å². The molecule has 0 bridgehead atoms. The van der Waals surface area contributed by atoms with Crippen LogP contribution in [0, 0.1) is 0 Å².